The Hall–Kier alpha value is -8.76. The lowest BCUT2D eigenvalue weighted by molar-refractivity contribution is 0.670. The minimum atomic E-state index is -0.612. The van der Waals surface area contributed by atoms with E-state index in [0.29, 0.717) is 0 Å². The van der Waals surface area contributed by atoms with E-state index in [4.69, 9.17) is 4.42 Å². The topological polar surface area (TPSA) is 16.4 Å². The predicted octanol–water partition coefficient (Wildman–Crippen LogP) is 18.8. The Kier molecular flexibility index (Phi) is 8.48. The maximum atomic E-state index is 6.54. The first-order chi connectivity index (χ1) is 34.7. The van der Waals surface area contributed by atoms with Crippen molar-refractivity contribution >= 4 is 70.5 Å². The molecule has 2 aromatic heterocycles. The smallest absolute Gasteiger partial charge is 0.143 e. The zero-order valence-electron chi connectivity index (χ0n) is 37.9. The van der Waals surface area contributed by atoms with Gasteiger partial charge in [-0.3, -0.25) is 0 Å². The van der Waals surface area contributed by atoms with Crippen molar-refractivity contribution in [2.75, 3.05) is 4.90 Å². The molecule has 11 aromatic carbocycles. The molecule has 0 fully saturated rings. The quantitative estimate of drug-likeness (QED) is 0.171. The Morgan fingerprint density at radius 1 is 0.343 bits per heavy atom. The number of benzene rings is 11. The van der Waals surface area contributed by atoms with Crippen LogP contribution in [-0.4, -0.2) is 0 Å². The van der Waals surface area contributed by atoms with Gasteiger partial charge in [-0.1, -0.05) is 200 Å². The van der Waals surface area contributed by atoms with Gasteiger partial charge in [-0.05, 0) is 115 Å². The van der Waals surface area contributed by atoms with E-state index in [1.165, 1.54) is 75.8 Å². The molecule has 326 valence electrons. The minimum Gasteiger partial charge on any atom is -0.455 e. The van der Waals surface area contributed by atoms with E-state index in [0.717, 1.165) is 61.3 Å². The minimum absolute atomic E-state index is 0.612. The molecule has 1 atom stereocenters. The third-order valence-electron chi connectivity index (χ3n) is 15.1. The van der Waals surface area contributed by atoms with Crippen molar-refractivity contribution in [2.45, 2.75) is 5.41 Å². The summed E-state index contributed by atoms with van der Waals surface area (Å²) in [5, 5.41) is 4.93. The van der Waals surface area contributed by atoms with Crippen LogP contribution in [0.1, 0.15) is 22.3 Å². The summed E-state index contributed by atoms with van der Waals surface area (Å²) in [5.74, 6) is 0. The van der Waals surface area contributed by atoms with E-state index >= 15 is 0 Å². The van der Waals surface area contributed by atoms with Gasteiger partial charge in [0.05, 0.1) is 11.1 Å². The summed E-state index contributed by atoms with van der Waals surface area (Å²) in [6.07, 6.45) is 0. The average Bonchev–Trinajstić information content (AvgIpc) is 4.09. The molecule has 2 nitrogen and oxygen atoms in total. The second kappa shape index (κ2) is 15.1. The summed E-state index contributed by atoms with van der Waals surface area (Å²) in [4.78, 5) is 2.46. The second-order valence-electron chi connectivity index (χ2n) is 18.6. The Labute approximate surface area is 409 Å². The van der Waals surface area contributed by atoms with E-state index < -0.39 is 5.41 Å². The average molecular weight is 908 g/mol. The van der Waals surface area contributed by atoms with Crippen LogP contribution in [0, 0.1) is 0 Å². The summed E-state index contributed by atoms with van der Waals surface area (Å²) in [6, 6.07) is 92.0. The summed E-state index contributed by atoms with van der Waals surface area (Å²) in [7, 11) is 0. The first-order valence-corrected chi connectivity index (χ1v) is 24.9. The summed E-state index contributed by atoms with van der Waals surface area (Å²) >= 11 is 1.89. The highest BCUT2D eigenvalue weighted by Crippen LogP contribution is 2.64. The highest BCUT2D eigenvalue weighted by atomic mass is 32.1. The fourth-order valence-corrected chi connectivity index (χ4v) is 13.4. The molecule has 70 heavy (non-hydrogen) atoms. The molecule has 2 aliphatic carbocycles. The maximum absolute atomic E-state index is 6.54. The van der Waals surface area contributed by atoms with E-state index in [1.807, 2.05) is 17.4 Å². The molecule has 2 aliphatic rings. The fourth-order valence-electron chi connectivity index (χ4n) is 12.2. The zero-order chi connectivity index (χ0) is 45.9. The van der Waals surface area contributed by atoms with Crippen LogP contribution in [0.5, 0.6) is 0 Å². The van der Waals surface area contributed by atoms with Crippen LogP contribution in [0.2, 0.25) is 0 Å². The Balaban J connectivity index is 0.999. The molecule has 1 unspecified atom stereocenters. The molecule has 0 aliphatic heterocycles. The maximum Gasteiger partial charge on any atom is 0.143 e. The van der Waals surface area contributed by atoms with Crippen molar-refractivity contribution in [3.05, 3.63) is 271 Å². The molecule has 0 radical (unpaired) electrons. The first-order valence-electron chi connectivity index (χ1n) is 24.1. The van der Waals surface area contributed by atoms with E-state index in [1.54, 1.807) is 0 Å². The number of furan rings is 1. The third kappa shape index (κ3) is 5.49. The molecule has 0 saturated carbocycles. The molecular formula is C67H41NOS. The molecule has 15 rings (SSSR count). The zero-order valence-corrected chi connectivity index (χ0v) is 38.8. The number of thiophene rings is 1. The predicted molar refractivity (Wildman–Crippen MR) is 294 cm³/mol. The van der Waals surface area contributed by atoms with E-state index in [9.17, 15) is 0 Å². The molecular weight excluding hydrogens is 867 g/mol. The van der Waals surface area contributed by atoms with E-state index in [2.05, 4.69) is 248 Å². The molecule has 0 bridgehead atoms. The van der Waals surface area contributed by atoms with Crippen molar-refractivity contribution in [1.82, 2.24) is 0 Å². The SMILES string of the molecule is c1ccc(-c2ccccc2N(c2ccc(-c3cccc4c3oc3ccccc34)cc2)c2ccc3c(c2)-c2ccccc2-c2ccccc2C32c3ccccc3-c3c2ccc2sc4ccccc4c32)cc1. The van der Waals surface area contributed by atoms with Crippen molar-refractivity contribution < 1.29 is 4.42 Å². The number of para-hydroxylation sites is 3. The number of hydrogen-bond acceptors (Lipinski definition) is 3. The van der Waals surface area contributed by atoms with Gasteiger partial charge in [0.2, 0.25) is 0 Å². The first kappa shape index (κ1) is 39.3. The summed E-state index contributed by atoms with van der Waals surface area (Å²) < 4.78 is 9.18. The van der Waals surface area contributed by atoms with Crippen LogP contribution in [-0.2, 0) is 5.41 Å². The fraction of sp³-hybridized carbons (Fsp3) is 0.0149. The number of hydrogen-bond donors (Lipinski definition) is 0. The highest BCUT2D eigenvalue weighted by Gasteiger charge is 2.50. The Bertz CT molecular complexity index is 4250. The van der Waals surface area contributed by atoms with Crippen molar-refractivity contribution in [3.63, 3.8) is 0 Å². The van der Waals surface area contributed by atoms with Gasteiger partial charge in [-0.25, -0.2) is 0 Å². The molecule has 0 saturated heterocycles. The van der Waals surface area contributed by atoms with Gasteiger partial charge in [0.25, 0.3) is 0 Å². The Morgan fingerprint density at radius 2 is 0.914 bits per heavy atom. The highest BCUT2D eigenvalue weighted by molar-refractivity contribution is 7.26. The largest absolute Gasteiger partial charge is 0.455 e. The van der Waals surface area contributed by atoms with Crippen molar-refractivity contribution in [3.8, 4) is 55.6 Å². The van der Waals surface area contributed by atoms with Gasteiger partial charge in [-0.2, -0.15) is 0 Å². The molecule has 0 N–H and O–H groups in total. The van der Waals surface area contributed by atoms with Crippen LogP contribution >= 0.6 is 11.3 Å². The van der Waals surface area contributed by atoms with Crippen LogP contribution < -0.4 is 4.90 Å². The van der Waals surface area contributed by atoms with Gasteiger partial charge in [0.15, 0.2) is 0 Å². The monoisotopic (exact) mass is 907 g/mol. The van der Waals surface area contributed by atoms with Crippen LogP contribution in [0.25, 0.3) is 97.7 Å². The molecule has 0 amide bonds. The molecule has 2 heterocycles. The lowest BCUT2D eigenvalue weighted by Crippen LogP contribution is -2.29. The molecule has 3 heteroatoms. The number of rotatable bonds is 5. The van der Waals surface area contributed by atoms with Crippen LogP contribution in [0.4, 0.5) is 17.1 Å². The van der Waals surface area contributed by atoms with Gasteiger partial charge >= 0.3 is 0 Å². The van der Waals surface area contributed by atoms with Gasteiger partial charge in [-0.15, -0.1) is 11.3 Å². The lowest BCUT2D eigenvalue weighted by atomic mass is 9.66. The molecule has 1 spiro atoms. The van der Waals surface area contributed by atoms with Crippen LogP contribution in [0.15, 0.2) is 253 Å². The van der Waals surface area contributed by atoms with Crippen molar-refractivity contribution in [2.24, 2.45) is 0 Å². The van der Waals surface area contributed by atoms with Crippen LogP contribution in [0.3, 0.4) is 0 Å². The molecule has 13 aromatic rings. The number of anilines is 3. The third-order valence-corrected chi connectivity index (χ3v) is 16.3. The standard InChI is InChI=1S/C67H41NOS/c1-2-17-42(18-3-1)46-19-8-13-30-60(46)68(44-35-33-43(34-36-44)47-26-16-27-52-51-23-9-14-31-61(51)69-66(47)52)45-37-38-58-55(41-45)49-21-5-4-20-48(49)50-22-6-11-28-56(50)67(58)57-29-12-7-24-53(57)64-59(67)39-40-63-65(64)54-25-10-15-32-62(54)70-63/h1-41H. The summed E-state index contributed by atoms with van der Waals surface area (Å²) in [5.41, 5.74) is 21.8. The Morgan fingerprint density at radius 3 is 1.74 bits per heavy atom. The van der Waals surface area contributed by atoms with Gasteiger partial charge in [0.1, 0.15) is 11.2 Å². The normalized spacial score (nSPS) is 14.3. The van der Waals surface area contributed by atoms with E-state index in [-0.39, 0.29) is 0 Å². The van der Waals surface area contributed by atoms with Gasteiger partial charge < -0.3 is 9.32 Å². The number of fused-ring (bicyclic) bond motifs is 19. The second-order valence-corrected chi connectivity index (χ2v) is 19.7. The lowest BCUT2D eigenvalue weighted by Gasteiger charge is -2.36. The van der Waals surface area contributed by atoms with Gasteiger partial charge in [0, 0.05) is 53.4 Å². The number of nitrogens with zero attached hydrogens (tertiary/aromatic N) is 1. The summed E-state index contributed by atoms with van der Waals surface area (Å²) in [6.45, 7) is 0. The van der Waals surface area contributed by atoms with Crippen molar-refractivity contribution in [1.29, 1.82) is 0 Å².